The lowest BCUT2D eigenvalue weighted by Crippen LogP contribution is -2.77. The minimum atomic E-state index is -0.581. The van der Waals surface area contributed by atoms with Crippen molar-refractivity contribution in [3.8, 4) is 5.75 Å². The van der Waals surface area contributed by atoms with Gasteiger partial charge in [-0.1, -0.05) is 22.8 Å². The number of allylic oxidation sites excluding steroid dienone is 3. The van der Waals surface area contributed by atoms with Crippen LogP contribution in [0.15, 0.2) is 52.8 Å². The molecule has 3 aliphatic carbocycles. The Hall–Kier alpha value is -2.87. The van der Waals surface area contributed by atoms with Crippen LogP contribution >= 0.6 is 11.6 Å². The Morgan fingerprint density at radius 2 is 2.06 bits per heavy atom. The van der Waals surface area contributed by atoms with Gasteiger partial charge in [0.15, 0.2) is 13.2 Å². The highest BCUT2D eigenvalue weighted by molar-refractivity contribution is 6.30. The van der Waals surface area contributed by atoms with Crippen molar-refractivity contribution in [3.63, 3.8) is 0 Å². The third-order valence-corrected chi connectivity index (χ3v) is 5.82. The minimum absolute atomic E-state index is 0.113. The van der Waals surface area contributed by atoms with Crippen LogP contribution < -0.4 is 10.1 Å². The molecule has 1 aromatic heterocycles. The Bertz CT molecular complexity index is 983. The van der Waals surface area contributed by atoms with E-state index >= 15 is 0 Å². The first-order chi connectivity index (χ1) is 15.0. The summed E-state index contributed by atoms with van der Waals surface area (Å²) in [6, 6.07) is 7.05. The maximum Gasteiger partial charge on any atom is 0.258 e. The predicted molar refractivity (Wildman–Crippen MR) is 111 cm³/mol. The zero-order chi connectivity index (χ0) is 21.9. The molecular formula is C22H23ClFN3O4. The van der Waals surface area contributed by atoms with Crippen LogP contribution in [0.25, 0.3) is 0 Å². The second-order valence-electron chi connectivity index (χ2n) is 7.93. The van der Waals surface area contributed by atoms with Gasteiger partial charge in [-0.05, 0) is 62.6 Å². The van der Waals surface area contributed by atoms with Gasteiger partial charge in [-0.2, -0.15) is 4.98 Å². The van der Waals surface area contributed by atoms with Gasteiger partial charge >= 0.3 is 0 Å². The van der Waals surface area contributed by atoms with Crippen molar-refractivity contribution in [2.24, 2.45) is 0 Å². The molecule has 0 radical (unpaired) electrons. The molecule has 2 bridgehead atoms. The number of aromatic nitrogens is 2. The molecule has 2 aromatic rings. The van der Waals surface area contributed by atoms with E-state index in [2.05, 4.69) is 15.5 Å². The number of ether oxygens (including phenoxy) is 2. The Labute approximate surface area is 184 Å². The van der Waals surface area contributed by atoms with Gasteiger partial charge in [0.25, 0.3) is 5.91 Å². The second-order valence-corrected chi connectivity index (χ2v) is 8.37. The Morgan fingerprint density at radius 3 is 2.74 bits per heavy atom. The normalized spacial score (nSPS) is 24.4. The highest BCUT2D eigenvalue weighted by Gasteiger charge is 2.71. The highest BCUT2D eigenvalue weighted by atomic mass is 35.5. The standard InChI is InChI=1S/C22H23ClFN3O4/c1-2-16(4-3-9-24)30-11-19(28)26-22-12-21(13-22,14-22)20-25-18(27-31-20)10-29-17-7-5-15(23)6-8-17/h2-8H,9-14H2,1H3,(H,26,28)/b4-3-,16-2+. The molecule has 7 nitrogen and oxygen atoms in total. The maximum atomic E-state index is 12.2. The van der Waals surface area contributed by atoms with Crippen LogP contribution in [0, 0.1) is 0 Å². The lowest BCUT2D eigenvalue weighted by atomic mass is 9.39. The topological polar surface area (TPSA) is 86.5 Å². The van der Waals surface area contributed by atoms with Crippen LogP contribution in [-0.2, 0) is 21.6 Å². The third kappa shape index (κ3) is 4.58. The van der Waals surface area contributed by atoms with Gasteiger partial charge in [0.2, 0.25) is 11.7 Å². The predicted octanol–water partition coefficient (Wildman–Crippen LogP) is 4.04. The summed E-state index contributed by atoms with van der Waals surface area (Å²) >= 11 is 5.86. The summed E-state index contributed by atoms with van der Waals surface area (Å²) in [5.41, 5.74) is -0.405. The number of hydrogen-bond donors (Lipinski definition) is 1. The first kappa shape index (κ1) is 21.4. The number of nitrogens with zero attached hydrogens (tertiary/aromatic N) is 2. The van der Waals surface area contributed by atoms with E-state index in [0.717, 1.165) is 19.3 Å². The number of nitrogens with one attached hydrogen (secondary N) is 1. The van der Waals surface area contributed by atoms with Crippen LogP contribution in [-0.4, -0.2) is 34.9 Å². The summed E-state index contributed by atoms with van der Waals surface area (Å²) in [6.45, 7) is 1.27. The van der Waals surface area contributed by atoms with Gasteiger partial charge in [0.05, 0.1) is 5.41 Å². The molecule has 9 heteroatoms. The van der Waals surface area contributed by atoms with Crippen LogP contribution in [0.4, 0.5) is 4.39 Å². The molecular weight excluding hydrogens is 425 g/mol. The summed E-state index contributed by atoms with van der Waals surface area (Å²) in [5, 5.41) is 7.68. The Balaban J connectivity index is 1.23. The summed E-state index contributed by atoms with van der Waals surface area (Å²) in [6.07, 6.45) is 6.78. The number of carbonyl (C=O) groups excluding carboxylic acids is 1. The van der Waals surface area contributed by atoms with Crippen molar-refractivity contribution in [2.45, 2.75) is 43.7 Å². The third-order valence-electron chi connectivity index (χ3n) is 5.56. The molecule has 1 heterocycles. The quantitative estimate of drug-likeness (QED) is 0.437. The molecule has 0 unspecified atom stereocenters. The molecule has 0 atom stereocenters. The van der Waals surface area contributed by atoms with E-state index in [4.69, 9.17) is 25.6 Å². The number of carbonyl (C=O) groups is 1. The SMILES string of the molecule is C/C=C(\C=C/CF)OCC(=O)NC12CC(c3nc(COc4ccc(Cl)cc4)no3)(C1)C2. The van der Waals surface area contributed by atoms with Crippen molar-refractivity contribution in [1.82, 2.24) is 15.5 Å². The van der Waals surface area contributed by atoms with Crippen molar-refractivity contribution in [3.05, 3.63) is 65.0 Å². The van der Waals surface area contributed by atoms with Crippen molar-refractivity contribution >= 4 is 17.5 Å². The van der Waals surface area contributed by atoms with Crippen molar-refractivity contribution in [2.75, 3.05) is 13.3 Å². The molecule has 31 heavy (non-hydrogen) atoms. The van der Waals surface area contributed by atoms with Crippen molar-refractivity contribution in [1.29, 1.82) is 0 Å². The van der Waals surface area contributed by atoms with E-state index in [1.165, 1.54) is 12.2 Å². The summed E-state index contributed by atoms with van der Waals surface area (Å²) in [5.74, 6) is 1.99. The van der Waals surface area contributed by atoms with Crippen LogP contribution in [0.3, 0.4) is 0 Å². The molecule has 3 aliphatic rings. The van der Waals surface area contributed by atoms with E-state index < -0.39 is 6.67 Å². The fraction of sp³-hybridized carbons (Fsp3) is 0.409. The average Bonchev–Trinajstić information content (AvgIpc) is 3.18. The van der Waals surface area contributed by atoms with Crippen molar-refractivity contribution < 1.29 is 23.2 Å². The number of halogens is 2. The zero-order valence-electron chi connectivity index (χ0n) is 17.1. The van der Waals surface area contributed by atoms with Gasteiger partial charge < -0.3 is 19.3 Å². The number of rotatable bonds is 10. The summed E-state index contributed by atoms with van der Waals surface area (Å²) in [7, 11) is 0. The van der Waals surface area contributed by atoms with Gasteiger partial charge in [0, 0.05) is 10.6 Å². The monoisotopic (exact) mass is 447 g/mol. The highest BCUT2D eigenvalue weighted by Crippen LogP contribution is 2.67. The lowest BCUT2D eigenvalue weighted by Gasteiger charge is -2.68. The maximum absolute atomic E-state index is 12.2. The van der Waals surface area contributed by atoms with E-state index in [0.29, 0.717) is 28.2 Å². The van der Waals surface area contributed by atoms with Crippen LogP contribution in [0.1, 0.15) is 37.9 Å². The first-order valence-corrected chi connectivity index (χ1v) is 10.4. The number of alkyl halides is 1. The summed E-state index contributed by atoms with van der Waals surface area (Å²) < 4.78 is 28.7. The molecule has 0 aliphatic heterocycles. The lowest BCUT2D eigenvalue weighted by molar-refractivity contribution is -0.144. The molecule has 1 aromatic carbocycles. The molecule has 3 fully saturated rings. The summed E-state index contributed by atoms with van der Waals surface area (Å²) in [4.78, 5) is 16.7. The Kier molecular flexibility index (Phi) is 6.00. The van der Waals surface area contributed by atoms with Crippen LogP contribution in [0.2, 0.25) is 5.02 Å². The van der Waals surface area contributed by atoms with Gasteiger partial charge in [-0.15, -0.1) is 0 Å². The fourth-order valence-electron chi connectivity index (χ4n) is 4.22. The minimum Gasteiger partial charge on any atom is -0.485 e. The van der Waals surface area contributed by atoms with Gasteiger partial charge in [-0.25, -0.2) is 4.39 Å². The van der Waals surface area contributed by atoms with E-state index in [1.54, 1.807) is 37.3 Å². The molecule has 0 saturated heterocycles. The Morgan fingerprint density at radius 1 is 1.32 bits per heavy atom. The number of hydrogen-bond acceptors (Lipinski definition) is 6. The van der Waals surface area contributed by atoms with Gasteiger partial charge in [0.1, 0.15) is 18.2 Å². The zero-order valence-corrected chi connectivity index (χ0v) is 17.8. The van der Waals surface area contributed by atoms with Gasteiger partial charge in [-0.3, -0.25) is 4.79 Å². The van der Waals surface area contributed by atoms with E-state index in [-0.39, 0.29) is 30.1 Å². The molecule has 0 spiro atoms. The molecule has 1 N–H and O–H groups in total. The van der Waals surface area contributed by atoms with E-state index in [9.17, 15) is 9.18 Å². The first-order valence-electron chi connectivity index (χ1n) is 10.00. The van der Waals surface area contributed by atoms with E-state index in [1.807, 2.05) is 0 Å². The smallest absolute Gasteiger partial charge is 0.258 e. The largest absolute Gasteiger partial charge is 0.485 e. The van der Waals surface area contributed by atoms with Crippen LogP contribution in [0.5, 0.6) is 5.75 Å². The number of amides is 1. The second kappa shape index (κ2) is 8.70. The molecule has 5 rings (SSSR count). The number of benzene rings is 1. The molecule has 1 amide bonds. The molecule has 3 saturated carbocycles. The average molecular weight is 448 g/mol. The fourth-order valence-corrected chi connectivity index (χ4v) is 4.35. The molecule has 164 valence electrons.